The van der Waals surface area contributed by atoms with Gasteiger partial charge in [0.25, 0.3) is 0 Å². The fraction of sp³-hybridized carbons (Fsp3) is 0.364. The minimum absolute atomic E-state index is 0.0674. The number of hydrogen-bond donors (Lipinski definition) is 2. The van der Waals surface area contributed by atoms with Crippen LogP contribution in [0.4, 0.5) is 5.69 Å². The molecule has 0 aromatic heterocycles. The summed E-state index contributed by atoms with van der Waals surface area (Å²) in [5, 5.41) is 3.15. The fourth-order valence-electron chi connectivity index (χ4n) is 3.66. The van der Waals surface area contributed by atoms with E-state index in [1.807, 2.05) is 12.1 Å². The minimum atomic E-state index is -3.80. The number of nitrogens with one attached hydrogen (secondary N) is 1. The third-order valence-corrected chi connectivity index (χ3v) is 7.51. The van der Waals surface area contributed by atoms with Crippen LogP contribution in [-0.2, 0) is 26.2 Å². The lowest BCUT2D eigenvalue weighted by Gasteiger charge is -2.31. The van der Waals surface area contributed by atoms with E-state index in [2.05, 4.69) is 10.2 Å². The second kappa shape index (κ2) is 10.4. The highest BCUT2D eigenvalue weighted by Crippen LogP contribution is 2.20. The van der Waals surface area contributed by atoms with Gasteiger partial charge in [0.1, 0.15) is 0 Å². The Hall–Kier alpha value is -2.46. The van der Waals surface area contributed by atoms with Crippen molar-refractivity contribution >= 4 is 39.1 Å². The Morgan fingerprint density at radius 1 is 1.16 bits per heavy atom. The van der Waals surface area contributed by atoms with Gasteiger partial charge in [-0.25, -0.2) is 8.42 Å². The zero-order valence-corrected chi connectivity index (χ0v) is 19.4. The second-order valence-corrected chi connectivity index (χ2v) is 10.4. The number of rotatable bonds is 8. The van der Waals surface area contributed by atoms with Gasteiger partial charge in [-0.2, -0.15) is 4.31 Å². The molecule has 0 spiro atoms. The molecule has 1 saturated heterocycles. The number of nitrogens with zero attached hydrogens (tertiary/aromatic N) is 2. The molecule has 1 atom stereocenters. The number of piperidine rings is 1. The van der Waals surface area contributed by atoms with Gasteiger partial charge in [0.15, 0.2) is 0 Å². The number of anilines is 1. The Morgan fingerprint density at radius 2 is 1.81 bits per heavy atom. The lowest BCUT2D eigenvalue weighted by Crippen LogP contribution is -2.40. The maximum atomic E-state index is 12.6. The molecule has 32 heavy (non-hydrogen) atoms. The maximum Gasteiger partial charge on any atom is 0.243 e. The van der Waals surface area contributed by atoms with E-state index < -0.39 is 15.9 Å². The number of primary amides is 1. The molecule has 3 N–H and O–H groups in total. The largest absolute Gasteiger partial charge is 0.369 e. The van der Waals surface area contributed by atoms with Gasteiger partial charge >= 0.3 is 0 Å². The van der Waals surface area contributed by atoms with Gasteiger partial charge in [0.2, 0.25) is 21.8 Å². The molecule has 2 aromatic carbocycles. The Balaban J connectivity index is 1.54. The van der Waals surface area contributed by atoms with Crippen molar-refractivity contribution in [3.63, 3.8) is 0 Å². The van der Waals surface area contributed by atoms with E-state index in [4.69, 9.17) is 17.3 Å². The summed E-state index contributed by atoms with van der Waals surface area (Å²) < 4.78 is 26.2. The molecule has 1 aliphatic heterocycles. The van der Waals surface area contributed by atoms with Crippen LogP contribution in [0.3, 0.4) is 0 Å². The summed E-state index contributed by atoms with van der Waals surface area (Å²) in [7, 11) is -2.45. The summed E-state index contributed by atoms with van der Waals surface area (Å²) in [5.41, 5.74) is 7.06. The average molecular weight is 479 g/mol. The lowest BCUT2D eigenvalue weighted by molar-refractivity contribution is -0.123. The van der Waals surface area contributed by atoms with Crippen LogP contribution < -0.4 is 11.1 Å². The molecule has 1 fully saturated rings. The van der Waals surface area contributed by atoms with E-state index in [9.17, 15) is 18.0 Å². The van der Waals surface area contributed by atoms with E-state index in [1.165, 1.54) is 31.3 Å². The van der Waals surface area contributed by atoms with Crippen molar-refractivity contribution in [2.45, 2.75) is 24.3 Å². The Bertz CT molecular complexity index is 1060. The summed E-state index contributed by atoms with van der Waals surface area (Å²) in [6, 6.07) is 13.1. The molecule has 0 saturated carbocycles. The quantitative estimate of drug-likeness (QED) is 0.604. The Labute approximate surface area is 193 Å². The van der Waals surface area contributed by atoms with Crippen molar-refractivity contribution in [2.75, 3.05) is 32.0 Å². The predicted octanol–water partition coefficient (Wildman–Crippen LogP) is 2.30. The van der Waals surface area contributed by atoms with Crippen LogP contribution in [0.2, 0.25) is 5.02 Å². The van der Waals surface area contributed by atoms with Crippen molar-refractivity contribution in [1.82, 2.24) is 9.21 Å². The number of amides is 2. The highest BCUT2D eigenvalue weighted by molar-refractivity contribution is 7.89. The smallest absolute Gasteiger partial charge is 0.243 e. The monoisotopic (exact) mass is 478 g/mol. The zero-order chi connectivity index (χ0) is 23.3. The molecule has 8 nitrogen and oxygen atoms in total. The second-order valence-electron chi connectivity index (χ2n) is 7.94. The van der Waals surface area contributed by atoms with Crippen molar-refractivity contribution in [2.24, 2.45) is 11.7 Å². The van der Waals surface area contributed by atoms with Crippen LogP contribution >= 0.6 is 11.6 Å². The number of nitrogens with two attached hydrogens (primary N) is 1. The molecule has 0 aliphatic carbocycles. The molecule has 1 unspecified atom stereocenters. The lowest BCUT2D eigenvalue weighted by atomic mass is 9.97. The maximum absolute atomic E-state index is 12.6. The molecule has 1 aliphatic rings. The first-order chi connectivity index (χ1) is 15.1. The molecule has 0 radical (unpaired) electrons. The number of halogens is 1. The molecule has 10 heteroatoms. The van der Waals surface area contributed by atoms with Gasteiger partial charge in [-0.1, -0.05) is 23.7 Å². The van der Waals surface area contributed by atoms with Crippen LogP contribution in [0.5, 0.6) is 0 Å². The minimum Gasteiger partial charge on any atom is -0.369 e. The van der Waals surface area contributed by atoms with Crippen LogP contribution in [0, 0.1) is 5.92 Å². The molecule has 1 heterocycles. The number of benzene rings is 2. The highest BCUT2D eigenvalue weighted by atomic mass is 35.5. The molecule has 3 rings (SSSR count). The number of carbonyl (C=O) groups excluding carboxylic acids is 2. The first kappa shape index (κ1) is 24.2. The van der Waals surface area contributed by atoms with Crippen LogP contribution in [-0.4, -0.2) is 56.1 Å². The summed E-state index contributed by atoms with van der Waals surface area (Å²) in [6.45, 7) is 1.94. The fourth-order valence-corrected chi connectivity index (χ4v) is 4.91. The van der Waals surface area contributed by atoms with Crippen LogP contribution in [0.25, 0.3) is 0 Å². The molecular weight excluding hydrogens is 452 g/mol. The van der Waals surface area contributed by atoms with Gasteiger partial charge in [0.05, 0.1) is 17.4 Å². The highest BCUT2D eigenvalue weighted by Gasteiger charge is 2.24. The number of sulfonamides is 1. The number of carbonyl (C=O) groups is 2. The van der Waals surface area contributed by atoms with Crippen molar-refractivity contribution < 1.29 is 18.0 Å². The molecule has 2 aromatic rings. The summed E-state index contributed by atoms with van der Waals surface area (Å²) >= 11 is 5.81. The summed E-state index contributed by atoms with van der Waals surface area (Å²) in [5.74, 6) is -0.808. The topological polar surface area (TPSA) is 113 Å². The van der Waals surface area contributed by atoms with E-state index in [0.717, 1.165) is 29.3 Å². The van der Waals surface area contributed by atoms with Gasteiger partial charge in [-0.15, -0.1) is 0 Å². The third kappa shape index (κ3) is 6.29. The number of hydrogen-bond acceptors (Lipinski definition) is 5. The molecule has 0 bridgehead atoms. The van der Waals surface area contributed by atoms with Gasteiger partial charge in [-0.3, -0.25) is 14.5 Å². The number of likely N-dealkylation sites (N-methyl/N-ethyl adjacent to an activating group) is 1. The van der Waals surface area contributed by atoms with Gasteiger partial charge in [-0.05, 0) is 61.3 Å². The standard InChI is InChI=1S/C22H27ClN4O4S/c1-26(32(30,31)20-10-6-18(23)7-11-20)15-21(28)25-19-8-4-16(5-9-19)13-27-12-2-3-17(14-27)22(24)29/h4-11,17H,2-3,12-15H2,1H3,(H2,24,29)(H,25,28). The van der Waals surface area contributed by atoms with Crippen molar-refractivity contribution in [1.29, 1.82) is 0 Å². The molecule has 172 valence electrons. The zero-order valence-electron chi connectivity index (χ0n) is 17.8. The van der Waals surface area contributed by atoms with E-state index in [-0.39, 0.29) is 23.3 Å². The summed E-state index contributed by atoms with van der Waals surface area (Å²) in [4.78, 5) is 26.1. The van der Waals surface area contributed by atoms with E-state index in [0.29, 0.717) is 23.8 Å². The van der Waals surface area contributed by atoms with Crippen molar-refractivity contribution in [3.8, 4) is 0 Å². The van der Waals surface area contributed by atoms with Crippen molar-refractivity contribution in [3.05, 3.63) is 59.1 Å². The Morgan fingerprint density at radius 3 is 2.44 bits per heavy atom. The van der Waals surface area contributed by atoms with Gasteiger partial charge in [0, 0.05) is 30.8 Å². The van der Waals surface area contributed by atoms with Crippen LogP contribution in [0.1, 0.15) is 18.4 Å². The molecular formula is C22H27ClN4O4S. The van der Waals surface area contributed by atoms with E-state index >= 15 is 0 Å². The first-order valence-electron chi connectivity index (χ1n) is 10.3. The first-order valence-corrected chi connectivity index (χ1v) is 12.1. The normalized spacial score (nSPS) is 17.3. The SMILES string of the molecule is CN(CC(=O)Nc1ccc(CN2CCCC(C(N)=O)C2)cc1)S(=O)(=O)c1ccc(Cl)cc1. The summed E-state index contributed by atoms with van der Waals surface area (Å²) in [6.07, 6.45) is 1.77. The molecule has 2 amide bonds. The third-order valence-electron chi connectivity index (χ3n) is 5.44. The van der Waals surface area contributed by atoms with Gasteiger partial charge < -0.3 is 11.1 Å². The van der Waals surface area contributed by atoms with Crippen LogP contribution in [0.15, 0.2) is 53.4 Å². The average Bonchev–Trinajstić information content (AvgIpc) is 2.75. The Kier molecular flexibility index (Phi) is 7.89. The predicted molar refractivity (Wildman–Crippen MR) is 124 cm³/mol. The number of likely N-dealkylation sites (tertiary alicyclic amines) is 1. The van der Waals surface area contributed by atoms with E-state index in [1.54, 1.807) is 12.1 Å².